The molecule has 1 saturated heterocycles. The molecule has 0 bridgehead atoms. The van der Waals surface area contributed by atoms with E-state index >= 15 is 0 Å². The molecule has 0 aliphatic carbocycles. The summed E-state index contributed by atoms with van der Waals surface area (Å²) in [5.41, 5.74) is 6.98. The van der Waals surface area contributed by atoms with Gasteiger partial charge in [0.2, 0.25) is 0 Å². The molecule has 1 fully saturated rings. The number of rotatable bonds is 2. The van der Waals surface area contributed by atoms with Crippen LogP contribution in [0.2, 0.25) is 0 Å². The van der Waals surface area contributed by atoms with Crippen LogP contribution in [0.1, 0.15) is 23.0 Å². The van der Waals surface area contributed by atoms with E-state index in [1.54, 1.807) is 18.3 Å². The number of hydrogen-bond acceptors (Lipinski definition) is 4. The van der Waals surface area contributed by atoms with Crippen molar-refractivity contribution in [3.63, 3.8) is 0 Å². The van der Waals surface area contributed by atoms with Crippen LogP contribution in [-0.4, -0.2) is 53.4 Å². The number of likely N-dealkylation sites (N-methyl/N-ethyl adjacent to an activating group) is 1. The highest BCUT2D eigenvalue weighted by atomic mass is 16.2. The van der Waals surface area contributed by atoms with E-state index in [9.17, 15) is 4.79 Å². The maximum atomic E-state index is 12.4. The molecule has 1 aromatic rings. The van der Waals surface area contributed by atoms with E-state index < -0.39 is 0 Å². The molecule has 0 spiro atoms. The topological polar surface area (TPSA) is 62.5 Å². The van der Waals surface area contributed by atoms with Gasteiger partial charge in [0, 0.05) is 44.0 Å². The number of hydrogen-bond donors (Lipinski definition) is 1. The minimum atomic E-state index is 0.0760. The normalized spacial score (nSPS) is 21.1. The minimum Gasteiger partial charge on any atom is -0.336 e. The lowest BCUT2D eigenvalue weighted by Crippen LogP contribution is -2.52. The van der Waals surface area contributed by atoms with Crippen molar-refractivity contribution >= 4 is 5.91 Å². The van der Waals surface area contributed by atoms with E-state index in [0.717, 1.165) is 25.3 Å². The van der Waals surface area contributed by atoms with Gasteiger partial charge in [-0.3, -0.25) is 9.78 Å². The van der Waals surface area contributed by atoms with E-state index in [0.29, 0.717) is 18.2 Å². The molecule has 1 aromatic heterocycles. The lowest BCUT2D eigenvalue weighted by atomic mass is 10.1. The van der Waals surface area contributed by atoms with Gasteiger partial charge in [0.25, 0.3) is 5.91 Å². The van der Waals surface area contributed by atoms with Crippen LogP contribution in [-0.2, 0) is 6.54 Å². The van der Waals surface area contributed by atoms with Crippen LogP contribution in [0.25, 0.3) is 0 Å². The monoisotopic (exact) mass is 248 g/mol. The smallest absolute Gasteiger partial charge is 0.254 e. The molecular formula is C13H20N4O. The first-order valence-corrected chi connectivity index (χ1v) is 6.26. The summed E-state index contributed by atoms with van der Waals surface area (Å²) in [5.74, 6) is 0.0760. The molecule has 0 saturated carbocycles. The summed E-state index contributed by atoms with van der Waals surface area (Å²) in [6, 6.07) is 3.94. The molecule has 1 aliphatic rings. The van der Waals surface area contributed by atoms with Gasteiger partial charge in [-0.15, -0.1) is 0 Å². The largest absolute Gasteiger partial charge is 0.336 e. The van der Waals surface area contributed by atoms with Gasteiger partial charge in [0.15, 0.2) is 0 Å². The Morgan fingerprint density at radius 1 is 1.56 bits per heavy atom. The van der Waals surface area contributed by atoms with Gasteiger partial charge in [0.1, 0.15) is 0 Å². The maximum Gasteiger partial charge on any atom is 0.254 e. The summed E-state index contributed by atoms with van der Waals surface area (Å²) in [4.78, 5) is 20.6. The van der Waals surface area contributed by atoms with Crippen LogP contribution in [0.5, 0.6) is 0 Å². The lowest BCUT2D eigenvalue weighted by Gasteiger charge is -2.37. The van der Waals surface area contributed by atoms with E-state index in [1.807, 2.05) is 4.90 Å². The Bertz CT molecular complexity index is 435. The summed E-state index contributed by atoms with van der Waals surface area (Å²) in [6.45, 7) is 4.97. The van der Waals surface area contributed by atoms with Gasteiger partial charge < -0.3 is 15.5 Å². The number of nitrogens with two attached hydrogens (primary N) is 1. The summed E-state index contributed by atoms with van der Waals surface area (Å²) < 4.78 is 0. The van der Waals surface area contributed by atoms with Crippen LogP contribution in [0.15, 0.2) is 18.3 Å². The summed E-state index contributed by atoms with van der Waals surface area (Å²) in [7, 11) is 2.09. The Balaban J connectivity index is 2.11. The molecule has 0 aromatic carbocycles. The van der Waals surface area contributed by atoms with Crippen LogP contribution in [0.4, 0.5) is 0 Å². The highest BCUT2D eigenvalue weighted by Gasteiger charge is 2.25. The zero-order valence-corrected chi connectivity index (χ0v) is 11.0. The molecule has 2 N–H and O–H groups in total. The third-order valence-electron chi connectivity index (χ3n) is 3.52. The predicted octanol–water partition coefficient (Wildman–Crippen LogP) is 0.316. The van der Waals surface area contributed by atoms with Crippen molar-refractivity contribution in [3.8, 4) is 0 Å². The van der Waals surface area contributed by atoms with Crippen LogP contribution < -0.4 is 5.73 Å². The summed E-state index contributed by atoms with van der Waals surface area (Å²) in [5, 5.41) is 0. The highest BCUT2D eigenvalue weighted by molar-refractivity contribution is 5.94. The summed E-state index contributed by atoms with van der Waals surface area (Å²) in [6.07, 6.45) is 1.65. The second-order valence-corrected chi connectivity index (χ2v) is 4.82. The molecule has 1 aliphatic heterocycles. The quantitative estimate of drug-likeness (QED) is 0.818. The molecule has 2 heterocycles. The van der Waals surface area contributed by atoms with E-state index in [1.165, 1.54) is 0 Å². The number of piperazine rings is 1. The fourth-order valence-electron chi connectivity index (χ4n) is 2.14. The highest BCUT2D eigenvalue weighted by Crippen LogP contribution is 2.12. The van der Waals surface area contributed by atoms with E-state index in [2.05, 4.69) is 23.9 Å². The SMILES string of the molecule is CC1CN(C(=O)c2ccnc(CN)c2)CCN1C. The fraction of sp³-hybridized carbons (Fsp3) is 0.538. The number of aromatic nitrogens is 1. The molecule has 1 amide bonds. The molecule has 98 valence electrons. The minimum absolute atomic E-state index is 0.0760. The molecule has 18 heavy (non-hydrogen) atoms. The van der Waals surface area contributed by atoms with Gasteiger partial charge in [-0.05, 0) is 26.1 Å². The van der Waals surface area contributed by atoms with Gasteiger partial charge >= 0.3 is 0 Å². The second kappa shape index (κ2) is 5.46. The molecule has 5 heteroatoms. The first kappa shape index (κ1) is 13.0. The Kier molecular flexibility index (Phi) is 3.93. The summed E-state index contributed by atoms with van der Waals surface area (Å²) >= 11 is 0. The average Bonchev–Trinajstić information content (AvgIpc) is 2.41. The molecule has 0 radical (unpaired) electrons. The van der Waals surface area contributed by atoms with Crippen molar-refractivity contribution in [2.45, 2.75) is 19.5 Å². The van der Waals surface area contributed by atoms with Crippen molar-refractivity contribution in [1.29, 1.82) is 0 Å². The van der Waals surface area contributed by atoms with Crippen LogP contribution in [0, 0.1) is 0 Å². The van der Waals surface area contributed by atoms with Crippen molar-refractivity contribution in [3.05, 3.63) is 29.6 Å². The lowest BCUT2D eigenvalue weighted by molar-refractivity contribution is 0.0572. The van der Waals surface area contributed by atoms with Gasteiger partial charge in [-0.1, -0.05) is 0 Å². The van der Waals surface area contributed by atoms with Gasteiger partial charge in [-0.25, -0.2) is 0 Å². The molecular weight excluding hydrogens is 228 g/mol. The molecule has 5 nitrogen and oxygen atoms in total. The Labute approximate surface area is 108 Å². The third-order valence-corrected chi connectivity index (χ3v) is 3.52. The van der Waals surface area contributed by atoms with E-state index in [4.69, 9.17) is 5.73 Å². The zero-order chi connectivity index (χ0) is 13.1. The molecule has 1 unspecified atom stereocenters. The van der Waals surface area contributed by atoms with Crippen LogP contribution in [0.3, 0.4) is 0 Å². The number of carbonyl (C=O) groups is 1. The third kappa shape index (κ3) is 2.68. The standard InChI is InChI=1S/C13H20N4O/c1-10-9-17(6-5-16(10)2)13(18)11-3-4-15-12(7-11)8-14/h3-4,7,10H,5-6,8-9,14H2,1-2H3. The average molecular weight is 248 g/mol. The first-order chi connectivity index (χ1) is 8.61. The van der Waals surface area contributed by atoms with Crippen molar-refractivity contribution in [2.75, 3.05) is 26.7 Å². The van der Waals surface area contributed by atoms with Crippen molar-refractivity contribution in [1.82, 2.24) is 14.8 Å². The number of nitrogens with zero attached hydrogens (tertiary/aromatic N) is 3. The molecule has 1 atom stereocenters. The maximum absolute atomic E-state index is 12.4. The number of carbonyl (C=O) groups excluding carboxylic acids is 1. The zero-order valence-electron chi connectivity index (χ0n) is 11.0. The Hall–Kier alpha value is -1.46. The van der Waals surface area contributed by atoms with Gasteiger partial charge in [-0.2, -0.15) is 0 Å². The first-order valence-electron chi connectivity index (χ1n) is 6.26. The number of amides is 1. The second-order valence-electron chi connectivity index (χ2n) is 4.82. The van der Waals surface area contributed by atoms with Crippen molar-refractivity contribution < 1.29 is 4.79 Å². The van der Waals surface area contributed by atoms with Gasteiger partial charge in [0.05, 0.1) is 5.69 Å². The predicted molar refractivity (Wildman–Crippen MR) is 70.1 cm³/mol. The molecule has 2 rings (SSSR count). The van der Waals surface area contributed by atoms with Crippen LogP contribution >= 0.6 is 0 Å². The Morgan fingerprint density at radius 2 is 2.33 bits per heavy atom. The fourth-order valence-corrected chi connectivity index (χ4v) is 2.14. The Morgan fingerprint density at radius 3 is 3.00 bits per heavy atom. The van der Waals surface area contributed by atoms with E-state index in [-0.39, 0.29) is 5.91 Å². The van der Waals surface area contributed by atoms with Crippen molar-refractivity contribution in [2.24, 2.45) is 5.73 Å². The number of pyridine rings is 1.